The Labute approximate surface area is 148 Å². The van der Waals surface area contributed by atoms with Crippen LogP contribution in [-0.4, -0.2) is 47.5 Å². The van der Waals surface area contributed by atoms with Crippen LogP contribution in [-0.2, 0) is 25.8 Å². The van der Waals surface area contributed by atoms with Crippen molar-refractivity contribution in [3.05, 3.63) is 41.5 Å². The Hall–Kier alpha value is -2.57. The summed E-state index contributed by atoms with van der Waals surface area (Å²) in [6.07, 6.45) is 4.63. The van der Waals surface area contributed by atoms with Crippen molar-refractivity contribution in [1.82, 2.24) is 25.4 Å². The lowest BCUT2D eigenvalue weighted by molar-refractivity contribution is 0.357. The van der Waals surface area contributed by atoms with Crippen molar-refractivity contribution in [2.75, 3.05) is 26.7 Å². The van der Waals surface area contributed by atoms with Gasteiger partial charge in [0.1, 0.15) is 17.9 Å². The third-order valence-corrected chi connectivity index (χ3v) is 4.34. The van der Waals surface area contributed by atoms with Crippen LogP contribution >= 0.6 is 0 Å². The molecule has 0 unspecified atom stereocenters. The standard InChI is InChI=1S/C18H26N6O/c1-3-17-23-22-13-24(17)10-9-21-18(19-2)20-8-6-14-4-5-16-15(12-14)7-11-25-16/h4-5,12-13H,3,6-11H2,1-2H3,(H2,19,20,21). The molecule has 134 valence electrons. The second kappa shape index (κ2) is 8.50. The molecule has 0 radical (unpaired) electrons. The molecule has 1 aromatic heterocycles. The maximum absolute atomic E-state index is 5.55. The van der Waals surface area contributed by atoms with E-state index in [0.29, 0.717) is 0 Å². The molecular formula is C18H26N6O. The van der Waals surface area contributed by atoms with E-state index in [-0.39, 0.29) is 0 Å². The Balaban J connectivity index is 1.40. The highest BCUT2D eigenvalue weighted by atomic mass is 16.5. The normalized spacial score (nSPS) is 13.4. The monoisotopic (exact) mass is 342 g/mol. The van der Waals surface area contributed by atoms with Crippen molar-refractivity contribution >= 4 is 5.96 Å². The zero-order valence-corrected chi connectivity index (χ0v) is 15.0. The molecule has 0 spiro atoms. The number of aromatic nitrogens is 3. The molecule has 0 amide bonds. The molecule has 0 bridgehead atoms. The molecule has 1 aliphatic rings. The summed E-state index contributed by atoms with van der Waals surface area (Å²) < 4.78 is 7.61. The van der Waals surface area contributed by atoms with Crippen LogP contribution in [0, 0.1) is 0 Å². The van der Waals surface area contributed by atoms with E-state index in [2.05, 4.69) is 55.5 Å². The van der Waals surface area contributed by atoms with Gasteiger partial charge in [0.25, 0.3) is 0 Å². The van der Waals surface area contributed by atoms with Crippen molar-refractivity contribution in [3.63, 3.8) is 0 Å². The molecule has 0 saturated heterocycles. The SMILES string of the molecule is CCc1nncn1CCNC(=NC)NCCc1ccc2c(c1)CCO2. The highest BCUT2D eigenvalue weighted by molar-refractivity contribution is 5.79. The van der Waals surface area contributed by atoms with Gasteiger partial charge in [0, 0.05) is 39.5 Å². The van der Waals surface area contributed by atoms with Crippen molar-refractivity contribution in [2.24, 2.45) is 4.99 Å². The largest absolute Gasteiger partial charge is 0.493 e. The number of nitrogens with one attached hydrogen (secondary N) is 2. The van der Waals surface area contributed by atoms with Crippen molar-refractivity contribution in [2.45, 2.75) is 32.7 Å². The van der Waals surface area contributed by atoms with E-state index in [1.165, 1.54) is 11.1 Å². The van der Waals surface area contributed by atoms with Gasteiger partial charge in [-0.3, -0.25) is 4.99 Å². The fourth-order valence-corrected chi connectivity index (χ4v) is 2.98. The summed E-state index contributed by atoms with van der Waals surface area (Å²) in [7, 11) is 1.79. The number of nitrogens with zero attached hydrogens (tertiary/aromatic N) is 4. The van der Waals surface area contributed by atoms with Crippen LogP contribution in [0.15, 0.2) is 29.5 Å². The number of benzene rings is 1. The lowest BCUT2D eigenvalue weighted by Crippen LogP contribution is -2.39. The van der Waals surface area contributed by atoms with Crippen molar-refractivity contribution < 1.29 is 4.74 Å². The number of aliphatic imine (C=N–C) groups is 1. The molecule has 2 heterocycles. The predicted molar refractivity (Wildman–Crippen MR) is 98.1 cm³/mol. The third kappa shape index (κ3) is 4.49. The number of guanidine groups is 1. The van der Waals surface area contributed by atoms with Crippen molar-refractivity contribution in [3.8, 4) is 5.75 Å². The molecule has 3 rings (SSSR count). The van der Waals surface area contributed by atoms with Gasteiger partial charge in [-0.2, -0.15) is 0 Å². The summed E-state index contributed by atoms with van der Waals surface area (Å²) in [5.74, 6) is 2.86. The predicted octanol–water partition coefficient (Wildman–Crippen LogP) is 1.18. The highest BCUT2D eigenvalue weighted by Crippen LogP contribution is 2.25. The summed E-state index contributed by atoms with van der Waals surface area (Å²) in [5.41, 5.74) is 2.64. The number of rotatable bonds is 7. The van der Waals surface area contributed by atoms with E-state index in [9.17, 15) is 0 Å². The first-order valence-corrected chi connectivity index (χ1v) is 8.86. The Morgan fingerprint density at radius 3 is 3.04 bits per heavy atom. The lowest BCUT2D eigenvalue weighted by atomic mass is 10.1. The summed E-state index contributed by atoms with van der Waals surface area (Å²) in [6, 6.07) is 6.47. The summed E-state index contributed by atoms with van der Waals surface area (Å²) in [5, 5.41) is 14.7. The zero-order chi connectivity index (χ0) is 17.5. The van der Waals surface area contributed by atoms with Crippen LogP contribution in [0.4, 0.5) is 0 Å². The van der Waals surface area contributed by atoms with Gasteiger partial charge in [0.15, 0.2) is 5.96 Å². The van der Waals surface area contributed by atoms with Gasteiger partial charge in [-0.05, 0) is 23.6 Å². The molecule has 7 nitrogen and oxygen atoms in total. The summed E-state index contributed by atoms with van der Waals surface area (Å²) in [6.45, 7) is 5.33. The maximum Gasteiger partial charge on any atom is 0.191 e. The summed E-state index contributed by atoms with van der Waals surface area (Å²) in [4.78, 5) is 4.27. The minimum Gasteiger partial charge on any atom is -0.493 e. The molecule has 0 atom stereocenters. The average Bonchev–Trinajstić information content (AvgIpc) is 3.28. The Morgan fingerprint density at radius 2 is 2.20 bits per heavy atom. The summed E-state index contributed by atoms with van der Waals surface area (Å²) >= 11 is 0. The third-order valence-electron chi connectivity index (χ3n) is 4.34. The molecule has 1 aromatic carbocycles. The molecule has 0 aliphatic carbocycles. The van der Waals surface area contributed by atoms with E-state index in [1.54, 1.807) is 13.4 Å². The molecule has 0 saturated carbocycles. The fourth-order valence-electron chi connectivity index (χ4n) is 2.98. The highest BCUT2D eigenvalue weighted by Gasteiger charge is 2.11. The van der Waals surface area contributed by atoms with E-state index in [1.807, 2.05) is 0 Å². The Morgan fingerprint density at radius 1 is 1.32 bits per heavy atom. The Bertz CT molecular complexity index is 724. The van der Waals surface area contributed by atoms with Crippen LogP contribution < -0.4 is 15.4 Å². The number of aryl methyl sites for hydroxylation is 1. The van der Waals surface area contributed by atoms with Crippen LogP contribution in [0.2, 0.25) is 0 Å². The van der Waals surface area contributed by atoms with Gasteiger partial charge < -0.3 is 19.9 Å². The van der Waals surface area contributed by atoms with Crippen LogP contribution in [0.1, 0.15) is 23.9 Å². The van der Waals surface area contributed by atoms with E-state index in [4.69, 9.17) is 4.74 Å². The fraction of sp³-hybridized carbons (Fsp3) is 0.500. The van der Waals surface area contributed by atoms with Crippen molar-refractivity contribution in [1.29, 1.82) is 0 Å². The molecule has 25 heavy (non-hydrogen) atoms. The maximum atomic E-state index is 5.55. The van der Waals surface area contributed by atoms with Gasteiger partial charge in [-0.1, -0.05) is 19.1 Å². The van der Waals surface area contributed by atoms with Gasteiger partial charge in [0.05, 0.1) is 6.61 Å². The number of ether oxygens (including phenoxy) is 1. The quantitative estimate of drug-likeness (QED) is 0.584. The van der Waals surface area contributed by atoms with Gasteiger partial charge >= 0.3 is 0 Å². The van der Waals surface area contributed by atoms with Gasteiger partial charge in [-0.15, -0.1) is 10.2 Å². The molecule has 0 fully saturated rings. The topological polar surface area (TPSA) is 76.4 Å². The number of hydrogen-bond acceptors (Lipinski definition) is 4. The second-order valence-electron chi connectivity index (χ2n) is 6.01. The first-order valence-electron chi connectivity index (χ1n) is 8.86. The minimum atomic E-state index is 0.779. The molecular weight excluding hydrogens is 316 g/mol. The molecule has 7 heteroatoms. The lowest BCUT2D eigenvalue weighted by Gasteiger charge is -2.13. The molecule has 1 aliphatic heterocycles. The van der Waals surface area contributed by atoms with E-state index < -0.39 is 0 Å². The van der Waals surface area contributed by atoms with Crippen LogP contribution in [0.5, 0.6) is 5.75 Å². The zero-order valence-electron chi connectivity index (χ0n) is 15.0. The number of hydrogen-bond donors (Lipinski definition) is 2. The first kappa shape index (κ1) is 17.3. The number of fused-ring (bicyclic) bond motifs is 1. The van der Waals surface area contributed by atoms with Crippen LogP contribution in [0.3, 0.4) is 0 Å². The van der Waals surface area contributed by atoms with Crippen LogP contribution in [0.25, 0.3) is 0 Å². The average molecular weight is 342 g/mol. The van der Waals surface area contributed by atoms with E-state index >= 15 is 0 Å². The second-order valence-corrected chi connectivity index (χ2v) is 6.01. The minimum absolute atomic E-state index is 0.779. The molecule has 2 N–H and O–H groups in total. The van der Waals surface area contributed by atoms with E-state index in [0.717, 1.165) is 63.0 Å². The van der Waals surface area contributed by atoms with Gasteiger partial charge in [-0.25, -0.2) is 0 Å². The first-order chi connectivity index (χ1) is 12.3. The van der Waals surface area contributed by atoms with Gasteiger partial charge in [0.2, 0.25) is 0 Å². The smallest absolute Gasteiger partial charge is 0.191 e. The molecule has 2 aromatic rings. The Kier molecular flexibility index (Phi) is 5.87.